The van der Waals surface area contributed by atoms with Crippen LogP contribution in [0.25, 0.3) is 0 Å². The number of carbonyl (C=O) groups excluding carboxylic acids is 1. The van der Waals surface area contributed by atoms with Crippen LogP contribution in [0.5, 0.6) is 0 Å². The summed E-state index contributed by atoms with van der Waals surface area (Å²) in [7, 11) is -3.81. The van der Waals surface area contributed by atoms with Crippen LogP contribution in [0.3, 0.4) is 0 Å². The molecule has 1 aliphatic rings. The van der Waals surface area contributed by atoms with Crippen molar-refractivity contribution in [2.45, 2.75) is 24.7 Å². The first-order valence-corrected chi connectivity index (χ1v) is 8.01. The van der Waals surface area contributed by atoms with Crippen LogP contribution in [0.4, 0.5) is 5.69 Å². The zero-order chi connectivity index (χ0) is 15.6. The highest BCUT2D eigenvalue weighted by Gasteiger charge is 2.32. The second-order valence-electron chi connectivity index (χ2n) is 5.07. The summed E-state index contributed by atoms with van der Waals surface area (Å²) in [5.41, 5.74) is -0.267. The van der Waals surface area contributed by atoms with Crippen LogP contribution in [0, 0.1) is 16.0 Å². The summed E-state index contributed by atoms with van der Waals surface area (Å²) < 4.78 is 26.3. The molecule has 1 saturated heterocycles. The van der Waals surface area contributed by atoms with Crippen LogP contribution in [0.15, 0.2) is 29.2 Å². The normalized spacial score (nSPS) is 20.1. The smallest absolute Gasteiger partial charge is 0.270 e. The van der Waals surface area contributed by atoms with Crippen molar-refractivity contribution in [3.63, 3.8) is 0 Å². The van der Waals surface area contributed by atoms with E-state index in [4.69, 9.17) is 0 Å². The van der Waals surface area contributed by atoms with Gasteiger partial charge in [0, 0.05) is 31.1 Å². The maximum atomic E-state index is 12.5. The molecule has 8 heteroatoms. The Hall–Kier alpha value is -1.80. The van der Waals surface area contributed by atoms with Crippen molar-refractivity contribution in [3.05, 3.63) is 34.4 Å². The maximum absolute atomic E-state index is 12.5. The van der Waals surface area contributed by atoms with Crippen molar-refractivity contribution in [2.75, 3.05) is 13.1 Å². The molecule has 2 rings (SSSR count). The van der Waals surface area contributed by atoms with E-state index in [0.717, 1.165) is 6.07 Å². The van der Waals surface area contributed by atoms with Crippen molar-refractivity contribution in [2.24, 2.45) is 5.92 Å². The Morgan fingerprint density at radius 2 is 2.14 bits per heavy atom. The first kappa shape index (κ1) is 15.6. The van der Waals surface area contributed by atoms with Gasteiger partial charge < -0.3 is 0 Å². The minimum absolute atomic E-state index is 0.0334. The van der Waals surface area contributed by atoms with Crippen LogP contribution in [0.1, 0.15) is 19.8 Å². The molecule has 0 spiro atoms. The minimum atomic E-state index is -3.81. The van der Waals surface area contributed by atoms with Crippen molar-refractivity contribution in [3.8, 4) is 0 Å². The average molecular weight is 312 g/mol. The Balaban J connectivity index is 2.31. The number of sulfonamides is 1. The fourth-order valence-electron chi connectivity index (χ4n) is 2.40. The fraction of sp³-hybridized carbons (Fsp3) is 0.462. The van der Waals surface area contributed by atoms with Gasteiger partial charge in [-0.25, -0.2) is 8.42 Å². The third kappa shape index (κ3) is 3.27. The third-order valence-corrected chi connectivity index (χ3v) is 5.49. The van der Waals surface area contributed by atoms with Gasteiger partial charge in [-0.2, -0.15) is 4.31 Å². The first-order valence-electron chi connectivity index (χ1n) is 6.57. The highest BCUT2D eigenvalue weighted by atomic mass is 32.2. The van der Waals surface area contributed by atoms with Gasteiger partial charge in [-0.15, -0.1) is 0 Å². The lowest BCUT2D eigenvalue weighted by Gasteiger charge is -2.30. The molecule has 114 valence electrons. The van der Waals surface area contributed by atoms with Crippen molar-refractivity contribution < 1.29 is 18.1 Å². The molecule has 0 aromatic heterocycles. The Bertz CT molecular complexity index is 671. The largest absolute Gasteiger partial charge is 0.300 e. The van der Waals surface area contributed by atoms with Crippen LogP contribution in [-0.4, -0.2) is 36.5 Å². The van der Waals surface area contributed by atoms with Gasteiger partial charge in [0.05, 0.1) is 9.82 Å². The summed E-state index contributed by atoms with van der Waals surface area (Å²) in [6, 6.07) is 4.97. The second-order valence-corrected chi connectivity index (χ2v) is 7.01. The number of ketones is 1. The SMILES string of the molecule is CC(=O)C1CCCN(S(=O)(=O)c2cccc([N+](=O)[O-])c2)C1. The molecule has 0 saturated carbocycles. The molecule has 1 aromatic rings. The van der Waals surface area contributed by atoms with E-state index in [1.54, 1.807) is 0 Å². The van der Waals surface area contributed by atoms with E-state index in [2.05, 4.69) is 0 Å². The molecule has 0 aliphatic carbocycles. The third-order valence-electron chi connectivity index (χ3n) is 3.63. The zero-order valence-corrected chi connectivity index (χ0v) is 12.4. The quantitative estimate of drug-likeness (QED) is 0.621. The van der Waals surface area contributed by atoms with E-state index in [9.17, 15) is 23.3 Å². The van der Waals surface area contributed by atoms with Gasteiger partial charge in [0.25, 0.3) is 5.69 Å². The topological polar surface area (TPSA) is 97.6 Å². The number of carbonyl (C=O) groups is 1. The van der Waals surface area contributed by atoms with Crippen molar-refractivity contribution >= 4 is 21.5 Å². The van der Waals surface area contributed by atoms with Crippen LogP contribution < -0.4 is 0 Å². The highest BCUT2D eigenvalue weighted by Crippen LogP contribution is 2.26. The molecule has 0 amide bonds. The van der Waals surface area contributed by atoms with Gasteiger partial charge in [0.1, 0.15) is 5.78 Å². The molecule has 0 bridgehead atoms. The minimum Gasteiger partial charge on any atom is -0.300 e. The number of nitro groups is 1. The predicted molar refractivity (Wildman–Crippen MR) is 75.3 cm³/mol. The fourth-order valence-corrected chi connectivity index (χ4v) is 3.96. The second kappa shape index (κ2) is 5.90. The Morgan fingerprint density at radius 1 is 1.43 bits per heavy atom. The van der Waals surface area contributed by atoms with E-state index in [1.807, 2.05) is 0 Å². The monoisotopic (exact) mass is 312 g/mol. The Labute approximate surface area is 122 Å². The van der Waals surface area contributed by atoms with Gasteiger partial charge in [-0.3, -0.25) is 14.9 Å². The summed E-state index contributed by atoms with van der Waals surface area (Å²) in [4.78, 5) is 21.4. The number of nitro benzene ring substituents is 1. The number of nitrogens with zero attached hydrogens (tertiary/aromatic N) is 2. The zero-order valence-electron chi connectivity index (χ0n) is 11.6. The molecule has 1 unspecified atom stereocenters. The van der Waals surface area contributed by atoms with Crippen LogP contribution in [0.2, 0.25) is 0 Å². The summed E-state index contributed by atoms with van der Waals surface area (Å²) in [5.74, 6) is -0.332. The standard InChI is InChI=1S/C13H16N2O5S/c1-10(16)11-4-3-7-14(9-11)21(19,20)13-6-2-5-12(8-13)15(17)18/h2,5-6,8,11H,3-4,7,9H2,1H3. The van der Waals surface area contributed by atoms with Gasteiger partial charge in [-0.1, -0.05) is 6.07 Å². The molecule has 0 radical (unpaired) electrons. The molecule has 7 nitrogen and oxygen atoms in total. The lowest BCUT2D eigenvalue weighted by atomic mass is 9.96. The summed E-state index contributed by atoms with van der Waals surface area (Å²) in [6.07, 6.45) is 1.29. The predicted octanol–water partition coefficient (Wildman–Crippen LogP) is 1.58. The molecule has 1 aromatic carbocycles. The number of benzene rings is 1. The number of hydrogen-bond donors (Lipinski definition) is 0. The average Bonchev–Trinajstić information content (AvgIpc) is 2.47. The lowest BCUT2D eigenvalue weighted by molar-refractivity contribution is -0.385. The first-order chi connectivity index (χ1) is 9.82. The van der Waals surface area contributed by atoms with E-state index in [1.165, 1.54) is 29.4 Å². The number of hydrogen-bond acceptors (Lipinski definition) is 5. The van der Waals surface area contributed by atoms with Gasteiger partial charge >= 0.3 is 0 Å². The van der Waals surface area contributed by atoms with Gasteiger partial charge in [0.2, 0.25) is 10.0 Å². The van der Waals surface area contributed by atoms with Crippen LogP contribution in [-0.2, 0) is 14.8 Å². The van der Waals surface area contributed by atoms with Gasteiger partial charge in [0.15, 0.2) is 0 Å². The molecule has 0 N–H and O–H groups in total. The molecular formula is C13H16N2O5S. The number of non-ortho nitro benzene ring substituents is 1. The van der Waals surface area contributed by atoms with Crippen LogP contribution >= 0.6 is 0 Å². The van der Waals surface area contributed by atoms with Crippen molar-refractivity contribution in [1.82, 2.24) is 4.31 Å². The number of Topliss-reactive ketones (excluding diaryl/α,β-unsaturated/α-hetero) is 1. The molecule has 1 aliphatic heterocycles. The Kier molecular flexibility index (Phi) is 4.38. The van der Waals surface area contributed by atoms with Crippen molar-refractivity contribution in [1.29, 1.82) is 0 Å². The van der Waals surface area contributed by atoms with E-state index < -0.39 is 14.9 Å². The molecule has 21 heavy (non-hydrogen) atoms. The molecular weight excluding hydrogens is 296 g/mol. The number of rotatable bonds is 4. The maximum Gasteiger partial charge on any atom is 0.270 e. The molecule has 1 atom stereocenters. The van der Waals surface area contributed by atoms with E-state index in [-0.39, 0.29) is 28.8 Å². The summed E-state index contributed by atoms with van der Waals surface area (Å²) >= 11 is 0. The van der Waals surface area contributed by atoms with E-state index in [0.29, 0.717) is 19.4 Å². The van der Waals surface area contributed by atoms with Gasteiger partial charge in [-0.05, 0) is 25.8 Å². The highest BCUT2D eigenvalue weighted by molar-refractivity contribution is 7.89. The van der Waals surface area contributed by atoms with E-state index >= 15 is 0 Å². The summed E-state index contributed by atoms with van der Waals surface area (Å²) in [5, 5.41) is 10.8. The molecule has 1 heterocycles. The summed E-state index contributed by atoms with van der Waals surface area (Å²) in [6.45, 7) is 1.92. The molecule has 1 fully saturated rings. The number of piperidine rings is 1. The lowest BCUT2D eigenvalue weighted by Crippen LogP contribution is -2.41. The Morgan fingerprint density at radius 3 is 2.76 bits per heavy atom.